The van der Waals surface area contributed by atoms with Crippen molar-refractivity contribution < 1.29 is 29.0 Å². The molecule has 0 aliphatic heterocycles. The van der Waals surface area contributed by atoms with Crippen LogP contribution in [-0.4, -0.2) is 57.0 Å². The van der Waals surface area contributed by atoms with Crippen LogP contribution in [0.1, 0.15) is 36.9 Å². The Morgan fingerprint density at radius 1 is 1.11 bits per heavy atom. The molecule has 0 bridgehead atoms. The van der Waals surface area contributed by atoms with Crippen molar-refractivity contribution >= 4 is 23.6 Å². The topological polar surface area (TPSA) is 159 Å². The van der Waals surface area contributed by atoms with Crippen LogP contribution in [0.2, 0.25) is 0 Å². The maximum absolute atomic E-state index is 11.4. The maximum Gasteiger partial charge on any atom is 0.356 e. The van der Waals surface area contributed by atoms with Gasteiger partial charge in [-0.3, -0.25) is 0 Å². The van der Waals surface area contributed by atoms with Crippen molar-refractivity contribution in [3.05, 3.63) is 59.0 Å². The number of carbonyl (C=O) groups is 3. The Morgan fingerprint density at radius 2 is 1.75 bits per heavy atom. The first-order valence-electron chi connectivity index (χ1n) is 7.81. The summed E-state index contributed by atoms with van der Waals surface area (Å²) in [4.78, 5) is 36.8. The zero-order chi connectivity index (χ0) is 20.7. The Hall–Kier alpha value is -3.86. The second-order valence-corrected chi connectivity index (χ2v) is 5.22. The summed E-state index contributed by atoms with van der Waals surface area (Å²) < 4.78 is 10.1. The molecule has 3 aromatic rings. The zero-order valence-corrected chi connectivity index (χ0v) is 15.0. The van der Waals surface area contributed by atoms with E-state index in [1.807, 2.05) is 12.1 Å². The molecule has 0 saturated carbocycles. The number of methoxy groups -OCH3 is 2. The van der Waals surface area contributed by atoms with Gasteiger partial charge in [-0.2, -0.15) is 4.52 Å². The van der Waals surface area contributed by atoms with E-state index in [1.165, 1.54) is 20.4 Å². The van der Waals surface area contributed by atoms with Crippen molar-refractivity contribution in [1.82, 2.24) is 19.8 Å². The van der Waals surface area contributed by atoms with Crippen LogP contribution in [-0.2, 0) is 16.0 Å². The lowest BCUT2D eigenvalue weighted by Gasteiger charge is -2.02. The number of hydrogen-bond donors (Lipinski definition) is 2. The van der Waals surface area contributed by atoms with Gasteiger partial charge in [0.1, 0.15) is 0 Å². The van der Waals surface area contributed by atoms with Gasteiger partial charge in [-0.25, -0.2) is 19.4 Å². The summed E-state index contributed by atoms with van der Waals surface area (Å²) in [5, 5.41) is 15.9. The highest BCUT2D eigenvalue weighted by molar-refractivity contribution is 5.93. The number of carboxylic acids is 1. The predicted molar refractivity (Wildman–Crippen MR) is 94.8 cm³/mol. The van der Waals surface area contributed by atoms with Crippen molar-refractivity contribution in [2.24, 2.45) is 5.73 Å². The van der Waals surface area contributed by atoms with Gasteiger partial charge in [0.15, 0.2) is 17.0 Å². The molecule has 0 atom stereocenters. The number of carbonyl (C=O) groups excluding carboxylic acids is 2. The van der Waals surface area contributed by atoms with E-state index < -0.39 is 11.9 Å². The third-order valence-electron chi connectivity index (χ3n) is 3.49. The van der Waals surface area contributed by atoms with E-state index in [0.29, 0.717) is 12.1 Å². The molecule has 11 nitrogen and oxygen atoms in total. The smallest absolute Gasteiger partial charge is 0.356 e. The van der Waals surface area contributed by atoms with Gasteiger partial charge in [0, 0.05) is 12.6 Å². The van der Waals surface area contributed by atoms with E-state index in [9.17, 15) is 14.4 Å². The lowest BCUT2D eigenvalue weighted by molar-refractivity contribution is 0.0585. The van der Waals surface area contributed by atoms with Crippen LogP contribution in [0.5, 0.6) is 0 Å². The highest BCUT2D eigenvalue weighted by atomic mass is 16.5. The van der Waals surface area contributed by atoms with Crippen LogP contribution in [0.25, 0.3) is 5.65 Å². The van der Waals surface area contributed by atoms with Crippen LogP contribution in [0, 0.1) is 0 Å². The Labute approximate surface area is 158 Å². The van der Waals surface area contributed by atoms with E-state index in [-0.39, 0.29) is 23.0 Å². The number of benzene rings is 1. The lowest BCUT2D eigenvalue weighted by atomic mass is 10.1. The molecule has 0 spiro atoms. The number of nitrogens with two attached hydrogens (primary N) is 1. The molecule has 3 rings (SSSR count). The third-order valence-corrected chi connectivity index (χ3v) is 3.49. The van der Waals surface area contributed by atoms with E-state index in [4.69, 9.17) is 10.8 Å². The summed E-state index contributed by atoms with van der Waals surface area (Å²) in [6, 6.07) is 8.11. The SMILES string of the molecule is COC(=O)c1cc(C(=O)O)nc2cnnn12.COC(=O)c1ccc(CN)cc1. The van der Waals surface area contributed by atoms with Gasteiger partial charge in [0.05, 0.1) is 26.0 Å². The molecule has 146 valence electrons. The van der Waals surface area contributed by atoms with E-state index in [2.05, 4.69) is 24.8 Å². The largest absolute Gasteiger partial charge is 0.477 e. The first-order chi connectivity index (χ1) is 13.4. The normalized spacial score (nSPS) is 9.96. The Bertz CT molecular complexity index is 999. The van der Waals surface area contributed by atoms with Gasteiger partial charge in [-0.1, -0.05) is 17.3 Å². The number of rotatable bonds is 4. The molecule has 28 heavy (non-hydrogen) atoms. The fourth-order valence-electron chi connectivity index (χ4n) is 2.08. The summed E-state index contributed by atoms with van der Waals surface area (Å²) in [6.07, 6.45) is 1.25. The Kier molecular flexibility index (Phi) is 6.71. The summed E-state index contributed by atoms with van der Waals surface area (Å²) in [5.41, 5.74) is 6.80. The molecule has 0 unspecified atom stereocenters. The fourth-order valence-corrected chi connectivity index (χ4v) is 2.08. The number of esters is 2. The van der Waals surface area contributed by atoms with Crippen molar-refractivity contribution in [3.63, 3.8) is 0 Å². The quantitative estimate of drug-likeness (QED) is 0.605. The van der Waals surface area contributed by atoms with Crippen LogP contribution in [0.15, 0.2) is 36.5 Å². The minimum Gasteiger partial charge on any atom is -0.477 e. The summed E-state index contributed by atoms with van der Waals surface area (Å²) in [5.74, 6) is -2.27. The Balaban J connectivity index is 0.000000209. The van der Waals surface area contributed by atoms with Crippen molar-refractivity contribution in [1.29, 1.82) is 0 Å². The van der Waals surface area contributed by atoms with E-state index >= 15 is 0 Å². The average Bonchev–Trinajstić information content (AvgIpc) is 3.21. The summed E-state index contributed by atoms with van der Waals surface area (Å²) >= 11 is 0. The molecule has 0 fully saturated rings. The van der Waals surface area contributed by atoms with Gasteiger partial charge < -0.3 is 20.3 Å². The molecule has 11 heteroatoms. The molecule has 2 aromatic heterocycles. The zero-order valence-electron chi connectivity index (χ0n) is 15.0. The highest BCUT2D eigenvalue weighted by Gasteiger charge is 2.17. The lowest BCUT2D eigenvalue weighted by Crippen LogP contribution is -2.13. The molecule has 3 N–H and O–H groups in total. The van der Waals surface area contributed by atoms with Gasteiger partial charge in [0.25, 0.3) is 0 Å². The van der Waals surface area contributed by atoms with Crippen LogP contribution >= 0.6 is 0 Å². The maximum atomic E-state index is 11.4. The van der Waals surface area contributed by atoms with Gasteiger partial charge in [0.2, 0.25) is 0 Å². The standard InChI is InChI=1S/C9H11NO2.C8H6N4O4/c1-12-9(11)8-4-2-7(6-10)3-5-8;1-16-8(15)5-2-4(7(13)14)10-6-3-9-11-12(5)6/h2-5H,6,10H2,1H3;2-3H,1H3,(H,13,14). The third kappa shape index (κ3) is 4.65. The molecule has 0 radical (unpaired) electrons. The molecule has 1 aromatic carbocycles. The van der Waals surface area contributed by atoms with E-state index in [1.54, 1.807) is 12.1 Å². The van der Waals surface area contributed by atoms with Crippen molar-refractivity contribution in [2.75, 3.05) is 14.2 Å². The minimum absolute atomic E-state index is 0.0394. The highest BCUT2D eigenvalue weighted by Crippen LogP contribution is 2.07. The summed E-state index contributed by atoms with van der Waals surface area (Å²) in [6.45, 7) is 0.488. The fraction of sp³-hybridized carbons (Fsp3) is 0.176. The van der Waals surface area contributed by atoms with Gasteiger partial charge in [-0.05, 0) is 17.7 Å². The summed E-state index contributed by atoms with van der Waals surface area (Å²) in [7, 11) is 2.55. The number of carboxylic acid groups (broad SMARTS) is 1. The molecular formula is C17H17N5O6. The molecular weight excluding hydrogens is 370 g/mol. The predicted octanol–water partition coefficient (Wildman–Crippen LogP) is 0.541. The minimum atomic E-state index is -1.24. The first kappa shape index (κ1) is 20.5. The van der Waals surface area contributed by atoms with Crippen LogP contribution < -0.4 is 5.73 Å². The number of aromatic carboxylic acids is 1. The second-order valence-electron chi connectivity index (χ2n) is 5.22. The number of fused-ring (bicyclic) bond motifs is 1. The van der Waals surface area contributed by atoms with Crippen LogP contribution in [0.3, 0.4) is 0 Å². The molecule has 2 heterocycles. The molecule has 0 saturated heterocycles. The molecule has 0 amide bonds. The number of ether oxygens (including phenoxy) is 2. The van der Waals surface area contributed by atoms with E-state index in [0.717, 1.165) is 16.1 Å². The van der Waals surface area contributed by atoms with Crippen LogP contribution in [0.4, 0.5) is 0 Å². The van der Waals surface area contributed by atoms with Gasteiger partial charge >= 0.3 is 17.9 Å². The van der Waals surface area contributed by atoms with Crippen molar-refractivity contribution in [3.8, 4) is 0 Å². The molecule has 0 aliphatic rings. The average molecular weight is 387 g/mol. The Morgan fingerprint density at radius 3 is 2.29 bits per heavy atom. The molecule has 0 aliphatic carbocycles. The second kappa shape index (κ2) is 9.19. The van der Waals surface area contributed by atoms with Gasteiger partial charge in [-0.15, -0.1) is 5.10 Å². The first-order valence-corrected chi connectivity index (χ1v) is 7.81. The number of hydrogen-bond acceptors (Lipinski definition) is 9. The number of nitrogens with zero attached hydrogens (tertiary/aromatic N) is 4. The number of aromatic nitrogens is 4. The van der Waals surface area contributed by atoms with Crippen molar-refractivity contribution in [2.45, 2.75) is 6.54 Å². The monoisotopic (exact) mass is 387 g/mol.